The average Bonchev–Trinajstić information content (AvgIpc) is 2.59. The molecule has 1 aliphatic heterocycles. The van der Waals surface area contributed by atoms with Crippen LogP contribution in [-0.2, 0) is 19.2 Å². The molecule has 0 saturated carbocycles. The summed E-state index contributed by atoms with van der Waals surface area (Å²) < 4.78 is 0. The Kier molecular flexibility index (Phi) is 4.82. The Morgan fingerprint density at radius 2 is 1.67 bits per heavy atom. The fourth-order valence-electron chi connectivity index (χ4n) is 1.92. The lowest BCUT2D eigenvalue weighted by Gasteiger charge is -2.22. The molecule has 0 aromatic carbocycles. The standard InChI is InChI=1S/C11H15NO6/c13-8-5-6-9(14)12(8)7(11(17)18)3-1-2-4-10(15)16/h7H,1-6H2,(H,15,16)(H,17,18). The first kappa shape index (κ1) is 14.1. The van der Waals surface area contributed by atoms with Crippen molar-refractivity contribution in [3.63, 3.8) is 0 Å². The van der Waals surface area contributed by atoms with Crippen molar-refractivity contribution < 1.29 is 29.4 Å². The maximum Gasteiger partial charge on any atom is 0.326 e. The molecule has 0 bridgehead atoms. The van der Waals surface area contributed by atoms with Gasteiger partial charge in [0.05, 0.1) is 0 Å². The number of carboxylic acid groups (broad SMARTS) is 2. The molecule has 1 atom stereocenters. The quantitative estimate of drug-likeness (QED) is 0.499. The van der Waals surface area contributed by atoms with Crippen LogP contribution in [0, 0.1) is 0 Å². The molecule has 1 aliphatic rings. The van der Waals surface area contributed by atoms with Crippen LogP contribution in [0.2, 0.25) is 0 Å². The second kappa shape index (κ2) is 6.13. The van der Waals surface area contributed by atoms with E-state index in [9.17, 15) is 19.2 Å². The molecular weight excluding hydrogens is 242 g/mol. The molecule has 1 saturated heterocycles. The van der Waals surface area contributed by atoms with Crippen molar-refractivity contribution >= 4 is 23.8 Å². The summed E-state index contributed by atoms with van der Waals surface area (Å²) in [6, 6.07) is -1.17. The zero-order valence-corrected chi connectivity index (χ0v) is 9.79. The third-order valence-corrected chi connectivity index (χ3v) is 2.81. The molecule has 100 valence electrons. The summed E-state index contributed by atoms with van der Waals surface area (Å²) >= 11 is 0. The van der Waals surface area contributed by atoms with Crippen molar-refractivity contribution in [3.8, 4) is 0 Å². The minimum atomic E-state index is -1.23. The monoisotopic (exact) mass is 257 g/mol. The molecule has 1 unspecified atom stereocenters. The van der Waals surface area contributed by atoms with Crippen LogP contribution in [0.3, 0.4) is 0 Å². The normalized spacial score (nSPS) is 17.0. The number of nitrogens with zero attached hydrogens (tertiary/aromatic N) is 1. The third kappa shape index (κ3) is 3.54. The zero-order valence-electron chi connectivity index (χ0n) is 9.79. The topological polar surface area (TPSA) is 112 Å². The van der Waals surface area contributed by atoms with E-state index in [4.69, 9.17) is 10.2 Å². The van der Waals surface area contributed by atoms with Gasteiger partial charge in [-0.25, -0.2) is 4.79 Å². The molecule has 0 radical (unpaired) electrons. The highest BCUT2D eigenvalue weighted by Crippen LogP contribution is 2.19. The van der Waals surface area contributed by atoms with Crippen LogP contribution in [0.15, 0.2) is 0 Å². The number of carboxylic acids is 2. The molecule has 7 heteroatoms. The van der Waals surface area contributed by atoms with Gasteiger partial charge in [-0.1, -0.05) is 6.42 Å². The Hall–Kier alpha value is -1.92. The highest BCUT2D eigenvalue weighted by molar-refractivity contribution is 6.04. The predicted molar refractivity (Wildman–Crippen MR) is 58.6 cm³/mol. The molecule has 1 heterocycles. The highest BCUT2D eigenvalue weighted by atomic mass is 16.4. The van der Waals surface area contributed by atoms with Crippen LogP contribution in [0.1, 0.15) is 38.5 Å². The Morgan fingerprint density at radius 3 is 2.11 bits per heavy atom. The van der Waals surface area contributed by atoms with Crippen molar-refractivity contribution in [1.29, 1.82) is 0 Å². The lowest BCUT2D eigenvalue weighted by Crippen LogP contribution is -2.44. The summed E-state index contributed by atoms with van der Waals surface area (Å²) in [6.45, 7) is 0. The van der Waals surface area contributed by atoms with Crippen molar-refractivity contribution in [2.24, 2.45) is 0 Å². The van der Waals surface area contributed by atoms with Crippen LogP contribution in [0.25, 0.3) is 0 Å². The molecule has 0 aliphatic carbocycles. The Bertz CT molecular complexity index is 362. The Balaban J connectivity index is 2.55. The fraction of sp³-hybridized carbons (Fsp3) is 0.636. The summed E-state index contributed by atoms with van der Waals surface area (Å²) in [5.41, 5.74) is 0. The van der Waals surface area contributed by atoms with Gasteiger partial charge in [0, 0.05) is 19.3 Å². The van der Waals surface area contributed by atoms with Gasteiger partial charge in [0.2, 0.25) is 11.8 Å². The minimum Gasteiger partial charge on any atom is -0.481 e. The lowest BCUT2D eigenvalue weighted by atomic mass is 10.1. The van der Waals surface area contributed by atoms with Crippen molar-refractivity contribution in [3.05, 3.63) is 0 Å². The van der Waals surface area contributed by atoms with Gasteiger partial charge in [0.1, 0.15) is 6.04 Å². The van der Waals surface area contributed by atoms with Gasteiger partial charge in [0.15, 0.2) is 0 Å². The van der Waals surface area contributed by atoms with Gasteiger partial charge < -0.3 is 10.2 Å². The van der Waals surface area contributed by atoms with Gasteiger partial charge in [-0.15, -0.1) is 0 Å². The summed E-state index contributed by atoms with van der Waals surface area (Å²) in [7, 11) is 0. The van der Waals surface area contributed by atoms with Crippen LogP contribution < -0.4 is 0 Å². The van der Waals surface area contributed by atoms with E-state index in [1.54, 1.807) is 0 Å². The van der Waals surface area contributed by atoms with E-state index in [0.29, 0.717) is 12.8 Å². The number of aliphatic carboxylic acids is 2. The summed E-state index contributed by atoms with van der Waals surface area (Å²) in [6.07, 6.45) is 0.833. The van der Waals surface area contributed by atoms with E-state index >= 15 is 0 Å². The fourth-order valence-corrected chi connectivity index (χ4v) is 1.92. The smallest absolute Gasteiger partial charge is 0.326 e. The number of carbonyl (C=O) groups excluding carboxylic acids is 2. The molecule has 0 spiro atoms. The first-order valence-corrected chi connectivity index (χ1v) is 5.73. The Labute approximate surface area is 103 Å². The van der Waals surface area contributed by atoms with Crippen molar-refractivity contribution in [2.75, 3.05) is 0 Å². The largest absolute Gasteiger partial charge is 0.481 e. The Morgan fingerprint density at radius 1 is 1.11 bits per heavy atom. The number of likely N-dealkylation sites (tertiary alicyclic amines) is 1. The van der Waals surface area contributed by atoms with E-state index in [1.165, 1.54) is 0 Å². The maximum atomic E-state index is 11.4. The highest BCUT2D eigenvalue weighted by Gasteiger charge is 2.38. The molecule has 2 amide bonds. The van der Waals surface area contributed by atoms with Crippen LogP contribution in [0.4, 0.5) is 0 Å². The summed E-state index contributed by atoms with van der Waals surface area (Å²) in [5, 5.41) is 17.5. The van der Waals surface area contributed by atoms with Gasteiger partial charge in [-0.05, 0) is 12.8 Å². The van der Waals surface area contributed by atoms with Gasteiger partial charge in [-0.3, -0.25) is 19.3 Å². The van der Waals surface area contributed by atoms with Gasteiger partial charge >= 0.3 is 11.9 Å². The second-order valence-electron chi connectivity index (χ2n) is 4.15. The van der Waals surface area contributed by atoms with E-state index in [1.807, 2.05) is 0 Å². The number of amides is 2. The number of carbonyl (C=O) groups is 4. The van der Waals surface area contributed by atoms with E-state index in [2.05, 4.69) is 0 Å². The number of hydrogen-bond acceptors (Lipinski definition) is 4. The number of unbranched alkanes of at least 4 members (excludes halogenated alkanes) is 1. The van der Waals surface area contributed by atoms with E-state index < -0.39 is 29.8 Å². The SMILES string of the molecule is O=C(O)CCCCC(C(=O)O)N1C(=O)CCC1=O. The van der Waals surface area contributed by atoms with Crippen LogP contribution in [-0.4, -0.2) is 44.9 Å². The van der Waals surface area contributed by atoms with E-state index in [0.717, 1.165) is 4.90 Å². The molecule has 1 fully saturated rings. The van der Waals surface area contributed by atoms with Crippen LogP contribution in [0.5, 0.6) is 0 Å². The van der Waals surface area contributed by atoms with E-state index in [-0.39, 0.29) is 25.7 Å². The first-order valence-electron chi connectivity index (χ1n) is 5.73. The zero-order chi connectivity index (χ0) is 13.7. The summed E-state index contributed by atoms with van der Waals surface area (Å²) in [4.78, 5) is 45.0. The van der Waals surface area contributed by atoms with Crippen molar-refractivity contribution in [2.45, 2.75) is 44.6 Å². The average molecular weight is 257 g/mol. The second-order valence-corrected chi connectivity index (χ2v) is 4.15. The predicted octanol–water partition coefficient (Wildman–Crippen LogP) is 0.234. The van der Waals surface area contributed by atoms with Crippen molar-refractivity contribution in [1.82, 2.24) is 4.90 Å². The lowest BCUT2D eigenvalue weighted by molar-refractivity contribution is -0.154. The van der Waals surface area contributed by atoms with Crippen LogP contribution >= 0.6 is 0 Å². The molecule has 18 heavy (non-hydrogen) atoms. The molecular formula is C11H15NO6. The molecule has 7 nitrogen and oxygen atoms in total. The minimum absolute atomic E-state index is 0.0474. The molecule has 0 aromatic heterocycles. The van der Waals surface area contributed by atoms with Gasteiger partial charge in [0.25, 0.3) is 0 Å². The molecule has 0 aromatic rings. The molecule has 2 N–H and O–H groups in total. The molecule has 1 rings (SSSR count). The van der Waals surface area contributed by atoms with Gasteiger partial charge in [-0.2, -0.15) is 0 Å². The summed E-state index contributed by atoms with van der Waals surface area (Å²) in [5.74, 6) is -3.11. The number of imide groups is 1. The maximum absolute atomic E-state index is 11.4. The third-order valence-electron chi connectivity index (χ3n) is 2.81. The first-order chi connectivity index (χ1) is 8.43. The number of rotatable bonds is 7. The number of hydrogen-bond donors (Lipinski definition) is 2.